The van der Waals surface area contributed by atoms with E-state index in [1.54, 1.807) is 74.6 Å². The van der Waals surface area contributed by atoms with Crippen molar-refractivity contribution in [3.63, 3.8) is 0 Å². The Morgan fingerprint density at radius 3 is 2.26 bits per heavy atom. The van der Waals surface area contributed by atoms with E-state index in [-0.39, 0.29) is 5.91 Å². The molecule has 1 aliphatic heterocycles. The summed E-state index contributed by atoms with van der Waals surface area (Å²) in [4.78, 5) is 27.3. The fourth-order valence-electron chi connectivity index (χ4n) is 3.79. The molecular formula is C28H24ClNO5. The van der Waals surface area contributed by atoms with Crippen molar-refractivity contribution in [2.45, 2.75) is 6.92 Å². The summed E-state index contributed by atoms with van der Waals surface area (Å²) in [5.41, 5.74) is 3.85. The van der Waals surface area contributed by atoms with Crippen LogP contribution in [0.25, 0.3) is 11.8 Å². The highest BCUT2D eigenvalue weighted by atomic mass is 35.5. The number of carbonyl (C=O) groups excluding carboxylic acids is 2. The molecule has 35 heavy (non-hydrogen) atoms. The number of halogens is 1. The minimum atomic E-state index is -0.408. The molecule has 3 aromatic carbocycles. The van der Waals surface area contributed by atoms with Gasteiger partial charge in [-0.1, -0.05) is 29.8 Å². The van der Waals surface area contributed by atoms with Crippen molar-refractivity contribution in [1.82, 2.24) is 0 Å². The van der Waals surface area contributed by atoms with E-state index in [0.29, 0.717) is 45.6 Å². The Balaban J connectivity index is 1.75. The number of nitrogens with zero attached hydrogens (tertiary/aromatic N) is 1. The maximum Gasteiger partial charge on any atom is 0.338 e. The van der Waals surface area contributed by atoms with Crippen molar-refractivity contribution in [2.75, 3.05) is 25.7 Å². The summed E-state index contributed by atoms with van der Waals surface area (Å²) in [7, 11) is 3.14. The van der Waals surface area contributed by atoms with Crippen molar-refractivity contribution in [1.29, 1.82) is 0 Å². The zero-order valence-electron chi connectivity index (χ0n) is 19.6. The molecule has 0 atom stereocenters. The van der Waals surface area contributed by atoms with Gasteiger partial charge in [-0.3, -0.25) is 9.69 Å². The normalized spacial score (nSPS) is 14.2. The Morgan fingerprint density at radius 1 is 0.943 bits per heavy atom. The fourth-order valence-corrected chi connectivity index (χ4v) is 3.91. The van der Waals surface area contributed by atoms with Gasteiger partial charge in [0.25, 0.3) is 5.91 Å². The van der Waals surface area contributed by atoms with Crippen LogP contribution in [0.2, 0.25) is 5.02 Å². The van der Waals surface area contributed by atoms with E-state index < -0.39 is 5.97 Å². The standard InChI is InChI=1S/C28H24ClNO5/c1-4-35-28(32)20-8-12-23(13-9-20)30-24(19-6-10-22(29)11-7-19)17-21(27(30)31)15-18-5-14-25(33-2)26(16-18)34-3/h5-17H,4H2,1-3H3/b21-15+. The first-order valence-electron chi connectivity index (χ1n) is 11.0. The number of ether oxygens (including phenoxy) is 3. The summed E-state index contributed by atoms with van der Waals surface area (Å²) >= 11 is 6.09. The molecule has 3 aromatic rings. The van der Waals surface area contributed by atoms with E-state index in [4.69, 9.17) is 25.8 Å². The van der Waals surface area contributed by atoms with Gasteiger partial charge >= 0.3 is 5.97 Å². The molecule has 0 aliphatic carbocycles. The van der Waals surface area contributed by atoms with Gasteiger partial charge < -0.3 is 14.2 Å². The van der Waals surface area contributed by atoms with Crippen molar-refractivity contribution in [2.24, 2.45) is 0 Å². The highest BCUT2D eigenvalue weighted by Crippen LogP contribution is 2.36. The molecule has 0 bridgehead atoms. The summed E-state index contributed by atoms with van der Waals surface area (Å²) in [5.74, 6) is 0.566. The molecule has 6 nitrogen and oxygen atoms in total. The van der Waals surface area contributed by atoms with Crippen molar-refractivity contribution >= 4 is 40.9 Å². The van der Waals surface area contributed by atoms with Gasteiger partial charge in [-0.25, -0.2) is 4.79 Å². The Kier molecular flexibility index (Phi) is 7.22. The van der Waals surface area contributed by atoms with Gasteiger partial charge in [0.2, 0.25) is 0 Å². The monoisotopic (exact) mass is 489 g/mol. The summed E-state index contributed by atoms with van der Waals surface area (Å²) in [6, 6.07) is 19.5. The van der Waals surface area contributed by atoms with Crippen molar-refractivity contribution < 1.29 is 23.8 Å². The molecule has 4 rings (SSSR count). The van der Waals surface area contributed by atoms with E-state index in [9.17, 15) is 9.59 Å². The third-order valence-electron chi connectivity index (χ3n) is 5.49. The number of amides is 1. The van der Waals surface area contributed by atoms with Crippen LogP contribution in [0, 0.1) is 0 Å². The van der Waals surface area contributed by atoms with Crippen LogP contribution in [0.5, 0.6) is 11.5 Å². The van der Waals surface area contributed by atoms with Gasteiger partial charge in [0.1, 0.15) is 0 Å². The summed E-state index contributed by atoms with van der Waals surface area (Å²) in [5, 5.41) is 0.602. The second-order valence-corrected chi connectivity index (χ2v) is 8.09. The predicted molar refractivity (Wildman–Crippen MR) is 137 cm³/mol. The summed E-state index contributed by atoms with van der Waals surface area (Å²) in [6.07, 6.45) is 3.63. The number of anilines is 1. The van der Waals surface area contributed by atoms with Gasteiger partial charge in [0.15, 0.2) is 11.5 Å². The van der Waals surface area contributed by atoms with E-state index in [1.165, 1.54) is 0 Å². The average Bonchev–Trinajstić information content (AvgIpc) is 3.20. The lowest BCUT2D eigenvalue weighted by molar-refractivity contribution is -0.113. The molecule has 0 radical (unpaired) electrons. The smallest absolute Gasteiger partial charge is 0.338 e. The summed E-state index contributed by atoms with van der Waals surface area (Å²) in [6.45, 7) is 2.05. The first-order chi connectivity index (χ1) is 16.9. The molecule has 1 aliphatic rings. The number of carbonyl (C=O) groups is 2. The first-order valence-corrected chi connectivity index (χ1v) is 11.4. The Bertz CT molecular complexity index is 1310. The quantitative estimate of drug-likeness (QED) is 0.300. The van der Waals surface area contributed by atoms with Crippen LogP contribution >= 0.6 is 11.6 Å². The molecule has 0 fully saturated rings. The van der Waals surface area contributed by atoms with Crippen LogP contribution in [-0.2, 0) is 9.53 Å². The lowest BCUT2D eigenvalue weighted by Gasteiger charge is -2.21. The van der Waals surface area contributed by atoms with Crippen molar-refractivity contribution in [3.05, 3.63) is 100 Å². The Morgan fingerprint density at radius 2 is 1.63 bits per heavy atom. The predicted octanol–water partition coefficient (Wildman–Crippen LogP) is 6.01. The maximum atomic E-state index is 13.6. The van der Waals surface area contributed by atoms with E-state index in [0.717, 1.165) is 11.1 Å². The molecular weight excluding hydrogens is 466 g/mol. The van der Waals surface area contributed by atoms with Crippen LogP contribution in [0.3, 0.4) is 0 Å². The van der Waals surface area contributed by atoms with Crippen LogP contribution in [0.4, 0.5) is 5.69 Å². The number of esters is 1. The molecule has 1 amide bonds. The Hall–Kier alpha value is -4.03. The first kappa shape index (κ1) is 24.1. The second kappa shape index (κ2) is 10.5. The lowest BCUT2D eigenvalue weighted by atomic mass is 10.1. The molecule has 0 N–H and O–H groups in total. The summed E-state index contributed by atoms with van der Waals surface area (Å²) < 4.78 is 15.8. The zero-order chi connectivity index (χ0) is 24.9. The van der Waals surface area contributed by atoms with Gasteiger partial charge in [-0.15, -0.1) is 0 Å². The molecule has 1 heterocycles. The molecule has 0 unspecified atom stereocenters. The Labute approximate surface area is 209 Å². The maximum absolute atomic E-state index is 13.6. The molecule has 7 heteroatoms. The molecule has 0 saturated heterocycles. The highest BCUT2D eigenvalue weighted by molar-refractivity contribution is 6.30. The van der Waals surface area contributed by atoms with E-state index >= 15 is 0 Å². The fraction of sp³-hybridized carbons (Fsp3) is 0.143. The van der Waals surface area contributed by atoms with Crippen LogP contribution in [0.15, 0.2) is 78.4 Å². The van der Waals surface area contributed by atoms with Gasteiger partial charge in [-0.2, -0.15) is 0 Å². The minimum Gasteiger partial charge on any atom is -0.493 e. The van der Waals surface area contributed by atoms with Gasteiger partial charge in [-0.05, 0) is 78.7 Å². The number of hydrogen-bond donors (Lipinski definition) is 0. The van der Waals surface area contributed by atoms with E-state index in [1.807, 2.05) is 30.3 Å². The number of benzene rings is 3. The molecule has 0 spiro atoms. The number of hydrogen-bond acceptors (Lipinski definition) is 5. The van der Waals surface area contributed by atoms with Crippen LogP contribution in [0.1, 0.15) is 28.4 Å². The molecule has 0 saturated carbocycles. The number of rotatable bonds is 7. The van der Waals surface area contributed by atoms with Crippen molar-refractivity contribution in [3.8, 4) is 11.5 Å². The SMILES string of the molecule is CCOC(=O)c1ccc(N2C(=O)/C(=C/c3ccc(OC)c(OC)c3)C=C2c2ccc(Cl)cc2)cc1. The molecule has 0 aromatic heterocycles. The molecule has 178 valence electrons. The van der Waals surface area contributed by atoms with Gasteiger partial charge in [0, 0.05) is 16.3 Å². The zero-order valence-corrected chi connectivity index (χ0v) is 20.3. The highest BCUT2D eigenvalue weighted by Gasteiger charge is 2.30. The minimum absolute atomic E-state index is 0.200. The number of methoxy groups -OCH3 is 2. The average molecular weight is 490 g/mol. The van der Waals surface area contributed by atoms with Gasteiger partial charge in [0.05, 0.1) is 32.1 Å². The third kappa shape index (κ3) is 5.08. The topological polar surface area (TPSA) is 65.1 Å². The van der Waals surface area contributed by atoms with E-state index in [2.05, 4.69) is 0 Å². The largest absolute Gasteiger partial charge is 0.493 e. The third-order valence-corrected chi connectivity index (χ3v) is 5.74. The van der Waals surface area contributed by atoms with Crippen LogP contribution < -0.4 is 14.4 Å². The lowest BCUT2D eigenvalue weighted by Crippen LogP contribution is -2.25. The van der Waals surface area contributed by atoms with Crippen LogP contribution in [-0.4, -0.2) is 32.7 Å². The second-order valence-electron chi connectivity index (χ2n) is 7.66.